The Kier molecular flexibility index (Phi) is 4.12. The second-order valence-corrected chi connectivity index (χ2v) is 4.51. The highest BCUT2D eigenvalue weighted by atomic mass is 35.5. The van der Waals surface area contributed by atoms with E-state index >= 15 is 0 Å². The molecule has 1 atom stereocenters. The first kappa shape index (κ1) is 13.5. The number of aromatic nitrogens is 1. The minimum absolute atomic E-state index is 0.299. The van der Waals surface area contributed by atoms with Crippen LogP contribution in [0.25, 0.3) is 0 Å². The summed E-state index contributed by atoms with van der Waals surface area (Å²) in [6.45, 7) is 1.77. The van der Waals surface area contributed by atoms with Crippen LogP contribution in [-0.4, -0.2) is 10.9 Å². The van der Waals surface area contributed by atoms with Crippen molar-refractivity contribution in [2.45, 2.75) is 13.0 Å². The number of benzene rings is 1. The fraction of sp³-hybridized carbons (Fsp3) is 0.143. The molecular weight excluding hydrogens is 267 g/mol. The first-order chi connectivity index (χ1) is 9.08. The topological polar surface area (TPSA) is 42.0 Å². The molecule has 2 rings (SSSR count). The predicted molar refractivity (Wildman–Crippen MR) is 71.5 cm³/mol. The molecule has 0 spiro atoms. The summed E-state index contributed by atoms with van der Waals surface area (Å²) >= 11 is 5.91. The molecule has 0 saturated carbocycles. The Labute approximate surface area is 115 Å². The molecule has 2 aromatic rings. The van der Waals surface area contributed by atoms with Gasteiger partial charge in [0.2, 0.25) is 0 Å². The smallest absolute Gasteiger partial charge is 0.254 e. The molecule has 1 amide bonds. The summed E-state index contributed by atoms with van der Waals surface area (Å²) in [5.41, 5.74) is 0.987. The SMILES string of the molecule is CC(NC(=O)c1cnccc1Cl)c1cccc(F)c1. The standard InChI is InChI=1S/C14H12ClFN2O/c1-9(10-3-2-4-11(16)7-10)18-14(19)12-8-17-6-5-13(12)15/h2-9H,1H3,(H,18,19). The Morgan fingerprint density at radius 2 is 2.21 bits per heavy atom. The first-order valence-electron chi connectivity index (χ1n) is 5.74. The van der Waals surface area contributed by atoms with E-state index in [1.165, 1.54) is 24.5 Å². The number of rotatable bonds is 3. The van der Waals surface area contributed by atoms with E-state index in [0.717, 1.165) is 0 Å². The van der Waals surface area contributed by atoms with Crippen molar-refractivity contribution in [3.8, 4) is 0 Å². The van der Waals surface area contributed by atoms with E-state index in [1.807, 2.05) is 0 Å². The lowest BCUT2D eigenvalue weighted by atomic mass is 10.1. The second-order valence-electron chi connectivity index (χ2n) is 4.11. The van der Waals surface area contributed by atoms with Crippen LogP contribution < -0.4 is 5.32 Å². The lowest BCUT2D eigenvalue weighted by molar-refractivity contribution is 0.0939. The predicted octanol–water partition coefficient (Wildman–Crippen LogP) is 3.37. The molecule has 5 heteroatoms. The van der Waals surface area contributed by atoms with Gasteiger partial charge in [0.1, 0.15) is 5.82 Å². The maximum absolute atomic E-state index is 13.1. The van der Waals surface area contributed by atoms with Gasteiger partial charge in [0.15, 0.2) is 0 Å². The average molecular weight is 279 g/mol. The van der Waals surface area contributed by atoms with Gasteiger partial charge in [-0.15, -0.1) is 0 Å². The molecule has 1 N–H and O–H groups in total. The van der Waals surface area contributed by atoms with Gasteiger partial charge in [-0.1, -0.05) is 23.7 Å². The highest BCUT2D eigenvalue weighted by Crippen LogP contribution is 2.17. The number of nitrogens with one attached hydrogen (secondary N) is 1. The van der Waals surface area contributed by atoms with Crippen molar-refractivity contribution in [3.63, 3.8) is 0 Å². The Morgan fingerprint density at radius 1 is 1.42 bits per heavy atom. The fourth-order valence-electron chi connectivity index (χ4n) is 1.68. The monoisotopic (exact) mass is 278 g/mol. The third-order valence-corrected chi connectivity index (χ3v) is 3.04. The maximum atomic E-state index is 13.1. The lowest BCUT2D eigenvalue weighted by Crippen LogP contribution is -2.27. The van der Waals surface area contributed by atoms with E-state index in [0.29, 0.717) is 16.1 Å². The Hall–Kier alpha value is -1.94. The second kappa shape index (κ2) is 5.80. The Balaban J connectivity index is 2.13. The van der Waals surface area contributed by atoms with Gasteiger partial charge in [-0.25, -0.2) is 4.39 Å². The molecule has 3 nitrogen and oxygen atoms in total. The van der Waals surface area contributed by atoms with Crippen LogP contribution in [0.15, 0.2) is 42.7 Å². The van der Waals surface area contributed by atoms with Crippen molar-refractivity contribution in [1.82, 2.24) is 10.3 Å². The first-order valence-corrected chi connectivity index (χ1v) is 6.11. The number of nitrogens with zero attached hydrogens (tertiary/aromatic N) is 1. The number of halogens is 2. The van der Waals surface area contributed by atoms with Crippen LogP contribution in [-0.2, 0) is 0 Å². The zero-order valence-electron chi connectivity index (χ0n) is 10.2. The van der Waals surface area contributed by atoms with Crippen LogP contribution in [0.5, 0.6) is 0 Å². The number of carbonyl (C=O) groups excluding carboxylic acids is 1. The van der Waals surface area contributed by atoms with Crippen LogP contribution in [0.2, 0.25) is 5.02 Å². The minimum Gasteiger partial charge on any atom is -0.345 e. The molecule has 0 aliphatic rings. The summed E-state index contributed by atoms with van der Waals surface area (Å²) in [4.78, 5) is 15.9. The van der Waals surface area contributed by atoms with Crippen molar-refractivity contribution in [3.05, 3.63) is 64.7 Å². The van der Waals surface area contributed by atoms with Crippen molar-refractivity contribution >= 4 is 17.5 Å². The van der Waals surface area contributed by atoms with Gasteiger partial charge in [0.25, 0.3) is 5.91 Å². The summed E-state index contributed by atoms with van der Waals surface area (Å²) < 4.78 is 13.1. The van der Waals surface area contributed by atoms with Gasteiger partial charge < -0.3 is 5.32 Å². The molecule has 0 aliphatic carbocycles. The molecule has 98 valence electrons. The number of pyridine rings is 1. The fourth-order valence-corrected chi connectivity index (χ4v) is 1.87. The van der Waals surface area contributed by atoms with Gasteiger partial charge in [-0.3, -0.25) is 9.78 Å². The molecule has 0 bridgehead atoms. The van der Waals surface area contributed by atoms with Gasteiger partial charge in [-0.05, 0) is 30.7 Å². The van der Waals surface area contributed by atoms with E-state index in [1.54, 1.807) is 25.1 Å². The normalized spacial score (nSPS) is 11.9. The zero-order chi connectivity index (χ0) is 13.8. The molecule has 0 fully saturated rings. The van der Waals surface area contributed by atoms with E-state index in [9.17, 15) is 9.18 Å². The summed E-state index contributed by atoms with van der Waals surface area (Å²) in [6, 6.07) is 7.32. The highest BCUT2D eigenvalue weighted by Gasteiger charge is 2.14. The largest absolute Gasteiger partial charge is 0.345 e. The number of amides is 1. The van der Waals surface area contributed by atoms with Crippen LogP contribution in [0, 0.1) is 5.82 Å². The Morgan fingerprint density at radius 3 is 2.89 bits per heavy atom. The molecule has 0 saturated heterocycles. The van der Waals surface area contributed by atoms with Crippen molar-refractivity contribution in [2.24, 2.45) is 0 Å². The van der Waals surface area contributed by atoms with E-state index < -0.39 is 0 Å². The molecule has 1 aromatic carbocycles. The van der Waals surface area contributed by atoms with Crippen LogP contribution in [0.4, 0.5) is 4.39 Å². The summed E-state index contributed by atoms with van der Waals surface area (Å²) in [7, 11) is 0. The summed E-state index contributed by atoms with van der Waals surface area (Å²) in [5.74, 6) is -0.673. The van der Waals surface area contributed by atoms with E-state index in [-0.39, 0.29) is 17.8 Å². The third kappa shape index (κ3) is 3.29. The summed E-state index contributed by atoms with van der Waals surface area (Å²) in [5, 5.41) is 3.08. The number of hydrogen-bond acceptors (Lipinski definition) is 2. The third-order valence-electron chi connectivity index (χ3n) is 2.71. The molecule has 1 unspecified atom stereocenters. The number of hydrogen-bond donors (Lipinski definition) is 1. The zero-order valence-corrected chi connectivity index (χ0v) is 11.0. The van der Waals surface area contributed by atoms with Crippen LogP contribution >= 0.6 is 11.6 Å². The van der Waals surface area contributed by atoms with Gasteiger partial charge >= 0.3 is 0 Å². The highest BCUT2D eigenvalue weighted by molar-refractivity contribution is 6.33. The molecule has 1 heterocycles. The van der Waals surface area contributed by atoms with Crippen LogP contribution in [0.3, 0.4) is 0 Å². The molecular formula is C14H12ClFN2O. The average Bonchev–Trinajstić information content (AvgIpc) is 2.39. The molecule has 0 aliphatic heterocycles. The quantitative estimate of drug-likeness (QED) is 0.935. The van der Waals surface area contributed by atoms with Crippen molar-refractivity contribution in [1.29, 1.82) is 0 Å². The number of carbonyl (C=O) groups is 1. The van der Waals surface area contributed by atoms with Gasteiger partial charge in [0.05, 0.1) is 16.6 Å². The van der Waals surface area contributed by atoms with E-state index in [4.69, 9.17) is 11.6 Å². The Bertz CT molecular complexity index is 604. The molecule has 0 radical (unpaired) electrons. The molecule has 1 aromatic heterocycles. The minimum atomic E-state index is -0.338. The van der Waals surface area contributed by atoms with Crippen LogP contribution in [0.1, 0.15) is 28.9 Å². The summed E-state index contributed by atoms with van der Waals surface area (Å²) in [6.07, 6.45) is 2.91. The van der Waals surface area contributed by atoms with Crippen molar-refractivity contribution in [2.75, 3.05) is 0 Å². The maximum Gasteiger partial charge on any atom is 0.254 e. The lowest BCUT2D eigenvalue weighted by Gasteiger charge is -2.14. The molecule has 19 heavy (non-hydrogen) atoms. The van der Waals surface area contributed by atoms with Gasteiger partial charge in [-0.2, -0.15) is 0 Å². The van der Waals surface area contributed by atoms with Crippen molar-refractivity contribution < 1.29 is 9.18 Å². The van der Waals surface area contributed by atoms with Gasteiger partial charge in [0, 0.05) is 12.4 Å². The van der Waals surface area contributed by atoms with E-state index in [2.05, 4.69) is 10.3 Å².